The molecule has 0 saturated carbocycles. The standard InChI is InChI=1S/C12H15F3N2O/c1-16-8-9-2-4-10(5-3-9)17-11(18)6-7-12(13,14)15/h2-5,16H,6-8H2,1H3,(H,17,18). The van der Waals surface area contributed by atoms with E-state index in [4.69, 9.17) is 0 Å². The second-order valence-electron chi connectivity index (χ2n) is 3.89. The predicted octanol–water partition coefficient (Wildman–Crippen LogP) is 2.69. The Labute approximate surface area is 103 Å². The molecule has 1 aromatic rings. The van der Waals surface area contributed by atoms with Crippen LogP contribution in [0, 0.1) is 0 Å². The van der Waals surface area contributed by atoms with Crippen LogP contribution in [-0.4, -0.2) is 19.1 Å². The van der Waals surface area contributed by atoms with Gasteiger partial charge in [0, 0.05) is 18.7 Å². The molecule has 0 fully saturated rings. The Hall–Kier alpha value is -1.56. The van der Waals surface area contributed by atoms with Crippen molar-refractivity contribution in [3.8, 4) is 0 Å². The van der Waals surface area contributed by atoms with E-state index in [1.807, 2.05) is 7.05 Å². The van der Waals surface area contributed by atoms with Crippen molar-refractivity contribution in [3.63, 3.8) is 0 Å². The Kier molecular flexibility index (Phi) is 5.15. The highest BCUT2D eigenvalue weighted by atomic mass is 19.4. The van der Waals surface area contributed by atoms with Gasteiger partial charge in [-0.25, -0.2) is 0 Å². The quantitative estimate of drug-likeness (QED) is 0.854. The van der Waals surface area contributed by atoms with Gasteiger partial charge in [-0.3, -0.25) is 4.79 Å². The molecule has 3 nitrogen and oxygen atoms in total. The van der Waals surface area contributed by atoms with Crippen LogP contribution in [0.3, 0.4) is 0 Å². The van der Waals surface area contributed by atoms with Crippen molar-refractivity contribution >= 4 is 11.6 Å². The minimum atomic E-state index is -4.30. The van der Waals surface area contributed by atoms with E-state index in [0.29, 0.717) is 12.2 Å². The molecule has 0 heterocycles. The van der Waals surface area contributed by atoms with E-state index in [-0.39, 0.29) is 0 Å². The zero-order valence-electron chi connectivity index (χ0n) is 9.97. The number of carbonyl (C=O) groups is 1. The SMILES string of the molecule is CNCc1ccc(NC(=O)CCC(F)(F)F)cc1. The number of alkyl halides is 3. The summed E-state index contributed by atoms with van der Waals surface area (Å²) in [4.78, 5) is 11.2. The first-order chi connectivity index (χ1) is 8.40. The molecule has 2 N–H and O–H groups in total. The number of anilines is 1. The summed E-state index contributed by atoms with van der Waals surface area (Å²) in [6, 6.07) is 6.93. The topological polar surface area (TPSA) is 41.1 Å². The normalized spacial score (nSPS) is 11.3. The first kappa shape index (κ1) is 14.5. The maximum absolute atomic E-state index is 11.9. The van der Waals surface area contributed by atoms with E-state index in [1.54, 1.807) is 24.3 Å². The van der Waals surface area contributed by atoms with Gasteiger partial charge >= 0.3 is 6.18 Å². The maximum Gasteiger partial charge on any atom is 0.389 e. The van der Waals surface area contributed by atoms with Crippen LogP contribution in [0.2, 0.25) is 0 Å². The molecule has 1 rings (SSSR count). The van der Waals surface area contributed by atoms with Crippen LogP contribution < -0.4 is 10.6 Å². The van der Waals surface area contributed by atoms with Crippen molar-refractivity contribution < 1.29 is 18.0 Å². The minimum absolute atomic E-state index is 0.502. The lowest BCUT2D eigenvalue weighted by Crippen LogP contribution is -2.16. The van der Waals surface area contributed by atoms with Crippen LogP contribution in [0.5, 0.6) is 0 Å². The van der Waals surface area contributed by atoms with E-state index in [1.165, 1.54) is 0 Å². The molecule has 0 aliphatic rings. The zero-order chi connectivity index (χ0) is 13.6. The first-order valence-corrected chi connectivity index (χ1v) is 5.51. The maximum atomic E-state index is 11.9. The summed E-state index contributed by atoms with van der Waals surface area (Å²) in [7, 11) is 1.81. The Morgan fingerprint density at radius 1 is 1.22 bits per heavy atom. The zero-order valence-corrected chi connectivity index (χ0v) is 9.97. The van der Waals surface area contributed by atoms with Gasteiger partial charge in [0.25, 0.3) is 0 Å². The molecule has 0 aliphatic heterocycles. The summed E-state index contributed by atoms with van der Waals surface area (Å²) in [5.74, 6) is -0.631. The summed E-state index contributed by atoms with van der Waals surface area (Å²) in [5.41, 5.74) is 1.54. The van der Waals surface area contributed by atoms with Gasteiger partial charge in [-0.1, -0.05) is 12.1 Å². The van der Waals surface area contributed by atoms with Gasteiger partial charge < -0.3 is 10.6 Å². The number of rotatable bonds is 5. The van der Waals surface area contributed by atoms with Crippen molar-refractivity contribution in [3.05, 3.63) is 29.8 Å². The molecule has 0 unspecified atom stereocenters. The number of hydrogen-bond donors (Lipinski definition) is 2. The molecule has 0 spiro atoms. The smallest absolute Gasteiger partial charge is 0.326 e. The van der Waals surface area contributed by atoms with Crippen molar-refractivity contribution in [1.82, 2.24) is 5.32 Å². The molecule has 1 amide bonds. The Bertz CT molecular complexity index is 387. The number of carbonyl (C=O) groups excluding carboxylic acids is 1. The van der Waals surface area contributed by atoms with Crippen LogP contribution in [-0.2, 0) is 11.3 Å². The summed E-state index contributed by atoms with van der Waals surface area (Å²) in [6.07, 6.45) is -5.95. The van der Waals surface area contributed by atoms with Crippen molar-refractivity contribution in [1.29, 1.82) is 0 Å². The molecule has 0 radical (unpaired) electrons. The molecule has 0 aromatic heterocycles. The Morgan fingerprint density at radius 3 is 2.33 bits per heavy atom. The lowest BCUT2D eigenvalue weighted by atomic mass is 10.2. The average molecular weight is 260 g/mol. The third-order valence-electron chi connectivity index (χ3n) is 2.25. The predicted molar refractivity (Wildman–Crippen MR) is 63.1 cm³/mol. The third kappa shape index (κ3) is 5.67. The number of hydrogen-bond acceptors (Lipinski definition) is 2. The number of nitrogens with one attached hydrogen (secondary N) is 2. The average Bonchev–Trinajstić information content (AvgIpc) is 2.29. The second-order valence-corrected chi connectivity index (χ2v) is 3.89. The fraction of sp³-hybridized carbons (Fsp3) is 0.417. The highest BCUT2D eigenvalue weighted by Gasteiger charge is 2.27. The molecule has 100 valence electrons. The molecular weight excluding hydrogens is 245 g/mol. The van der Waals surface area contributed by atoms with Gasteiger partial charge in [0.1, 0.15) is 0 Å². The van der Waals surface area contributed by atoms with Crippen molar-refractivity contribution in [2.24, 2.45) is 0 Å². The van der Waals surface area contributed by atoms with Gasteiger partial charge in [0.2, 0.25) is 5.91 Å². The summed E-state index contributed by atoms with van der Waals surface area (Å²) < 4.78 is 35.7. The van der Waals surface area contributed by atoms with Gasteiger partial charge in [-0.2, -0.15) is 13.2 Å². The van der Waals surface area contributed by atoms with Gasteiger partial charge in [0.15, 0.2) is 0 Å². The minimum Gasteiger partial charge on any atom is -0.326 e. The second kappa shape index (κ2) is 6.39. The largest absolute Gasteiger partial charge is 0.389 e. The lowest BCUT2D eigenvalue weighted by Gasteiger charge is -2.08. The molecule has 0 aliphatic carbocycles. The highest BCUT2D eigenvalue weighted by molar-refractivity contribution is 5.90. The van der Waals surface area contributed by atoms with Crippen LogP contribution in [0.4, 0.5) is 18.9 Å². The van der Waals surface area contributed by atoms with Crippen molar-refractivity contribution in [2.75, 3.05) is 12.4 Å². The fourth-order valence-corrected chi connectivity index (χ4v) is 1.39. The Morgan fingerprint density at radius 2 is 1.83 bits per heavy atom. The molecule has 0 atom stereocenters. The van der Waals surface area contributed by atoms with Crippen molar-refractivity contribution in [2.45, 2.75) is 25.6 Å². The molecule has 1 aromatic carbocycles. The molecule has 6 heteroatoms. The van der Waals surface area contributed by atoms with Gasteiger partial charge in [0.05, 0.1) is 6.42 Å². The van der Waals surface area contributed by atoms with Gasteiger partial charge in [-0.15, -0.1) is 0 Å². The fourth-order valence-electron chi connectivity index (χ4n) is 1.39. The van der Waals surface area contributed by atoms with Crippen LogP contribution in [0.15, 0.2) is 24.3 Å². The third-order valence-corrected chi connectivity index (χ3v) is 2.25. The summed E-state index contributed by atoms with van der Waals surface area (Å²) >= 11 is 0. The molecule has 0 bridgehead atoms. The monoisotopic (exact) mass is 260 g/mol. The lowest BCUT2D eigenvalue weighted by molar-refractivity contribution is -0.142. The van der Waals surface area contributed by atoms with E-state index >= 15 is 0 Å². The summed E-state index contributed by atoms with van der Waals surface area (Å²) in [6.45, 7) is 0.697. The van der Waals surface area contributed by atoms with E-state index in [0.717, 1.165) is 5.56 Å². The number of amides is 1. The van der Waals surface area contributed by atoms with Crippen LogP contribution in [0.1, 0.15) is 18.4 Å². The highest BCUT2D eigenvalue weighted by Crippen LogP contribution is 2.21. The van der Waals surface area contributed by atoms with Crippen LogP contribution >= 0.6 is 0 Å². The number of halogens is 3. The molecule has 18 heavy (non-hydrogen) atoms. The van der Waals surface area contributed by atoms with E-state index in [2.05, 4.69) is 10.6 Å². The summed E-state index contributed by atoms with van der Waals surface area (Å²) in [5, 5.41) is 5.39. The number of benzene rings is 1. The van der Waals surface area contributed by atoms with Gasteiger partial charge in [-0.05, 0) is 24.7 Å². The first-order valence-electron chi connectivity index (χ1n) is 5.51. The molecular formula is C12H15F3N2O. The molecule has 0 saturated heterocycles. The van der Waals surface area contributed by atoms with E-state index < -0.39 is 24.9 Å². The Balaban J connectivity index is 2.44. The van der Waals surface area contributed by atoms with E-state index in [9.17, 15) is 18.0 Å². The van der Waals surface area contributed by atoms with Crippen LogP contribution in [0.25, 0.3) is 0 Å².